The van der Waals surface area contributed by atoms with Gasteiger partial charge in [0.25, 0.3) is 5.91 Å². The molecule has 2 atom stereocenters. The number of rotatable bonds is 2. The summed E-state index contributed by atoms with van der Waals surface area (Å²) in [7, 11) is 0. The van der Waals surface area contributed by atoms with E-state index in [1.165, 1.54) is 25.6 Å². The van der Waals surface area contributed by atoms with E-state index in [2.05, 4.69) is 27.4 Å². The highest BCUT2D eigenvalue weighted by molar-refractivity contribution is 5.90. The van der Waals surface area contributed by atoms with Gasteiger partial charge in [-0.2, -0.15) is 5.10 Å². The Kier molecular flexibility index (Phi) is 2.99. The molecule has 1 amide bonds. The van der Waals surface area contributed by atoms with Crippen LogP contribution in [0.15, 0.2) is 6.33 Å². The lowest BCUT2D eigenvalue weighted by Crippen LogP contribution is -2.41. The number of nitrogens with one attached hydrogen (secondary N) is 2. The molecule has 5 nitrogen and oxygen atoms in total. The Labute approximate surface area is 88.7 Å². The van der Waals surface area contributed by atoms with Gasteiger partial charge in [-0.05, 0) is 18.8 Å². The minimum Gasteiger partial charge on any atom is -0.346 e. The predicted octanol–water partition coefficient (Wildman–Crippen LogP) is 1.11. The van der Waals surface area contributed by atoms with Gasteiger partial charge in [-0.15, -0.1) is 0 Å². The van der Waals surface area contributed by atoms with Gasteiger partial charge < -0.3 is 5.32 Å². The monoisotopic (exact) mass is 208 g/mol. The molecule has 2 N–H and O–H groups in total. The molecule has 0 spiro atoms. The molecule has 1 aliphatic rings. The van der Waals surface area contributed by atoms with E-state index < -0.39 is 0 Å². The van der Waals surface area contributed by atoms with E-state index in [9.17, 15) is 4.79 Å². The van der Waals surface area contributed by atoms with Gasteiger partial charge in [0, 0.05) is 6.04 Å². The molecule has 0 radical (unpaired) electrons. The Morgan fingerprint density at radius 3 is 3.00 bits per heavy atom. The van der Waals surface area contributed by atoms with Crippen LogP contribution in [0.25, 0.3) is 0 Å². The Morgan fingerprint density at radius 1 is 1.53 bits per heavy atom. The number of amides is 1. The van der Waals surface area contributed by atoms with Crippen LogP contribution in [0.5, 0.6) is 0 Å². The lowest BCUT2D eigenvalue weighted by Gasteiger charge is -2.29. The van der Waals surface area contributed by atoms with Gasteiger partial charge in [0.15, 0.2) is 0 Å². The van der Waals surface area contributed by atoms with Crippen molar-refractivity contribution in [2.24, 2.45) is 5.92 Å². The van der Waals surface area contributed by atoms with Gasteiger partial charge in [-0.3, -0.25) is 9.89 Å². The van der Waals surface area contributed by atoms with Crippen LogP contribution >= 0.6 is 0 Å². The zero-order chi connectivity index (χ0) is 10.7. The van der Waals surface area contributed by atoms with Crippen LogP contribution in [-0.4, -0.2) is 27.1 Å². The predicted molar refractivity (Wildman–Crippen MR) is 55.3 cm³/mol. The number of H-pyrrole nitrogens is 1. The molecule has 0 aliphatic heterocycles. The summed E-state index contributed by atoms with van der Waals surface area (Å²) < 4.78 is 0. The van der Waals surface area contributed by atoms with Gasteiger partial charge in [0.1, 0.15) is 6.33 Å². The van der Waals surface area contributed by atoms with Crippen molar-refractivity contribution in [2.45, 2.75) is 38.6 Å². The molecule has 0 saturated heterocycles. The standard InChI is InChI=1S/C10H16N4O/c1-7-4-2-3-5-8(7)13-10(15)9-11-6-12-14-9/h6-8H,2-5H2,1H3,(H,13,15)(H,11,12,14). The normalized spacial score (nSPS) is 26.2. The summed E-state index contributed by atoms with van der Waals surface area (Å²) in [4.78, 5) is 15.5. The first-order valence-corrected chi connectivity index (χ1v) is 5.43. The number of carbonyl (C=O) groups excluding carboxylic acids is 1. The van der Waals surface area contributed by atoms with E-state index >= 15 is 0 Å². The van der Waals surface area contributed by atoms with Crippen molar-refractivity contribution in [3.05, 3.63) is 12.2 Å². The molecule has 15 heavy (non-hydrogen) atoms. The Hall–Kier alpha value is -1.39. The van der Waals surface area contributed by atoms with Crippen LogP contribution in [0.4, 0.5) is 0 Å². The van der Waals surface area contributed by atoms with Crippen molar-refractivity contribution in [3.63, 3.8) is 0 Å². The summed E-state index contributed by atoms with van der Waals surface area (Å²) in [6.07, 6.45) is 6.09. The Morgan fingerprint density at radius 2 is 2.33 bits per heavy atom. The number of hydrogen-bond acceptors (Lipinski definition) is 3. The fraction of sp³-hybridized carbons (Fsp3) is 0.700. The van der Waals surface area contributed by atoms with Gasteiger partial charge in [-0.25, -0.2) is 4.98 Å². The summed E-state index contributed by atoms with van der Waals surface area (Å²) in [5.74, 6) is 0.713. The number of hydrogen-bond donors (Lipinski definition) is 2. The first kappa shape index (κ1) is 10.1. The minimum absolute atomic E-state index is 0.147. The van der Waals surface area contributed by atoms with Gasteiger partial charge in [0.2, 0.25) is 5.82 Å². The Bertz CT molecular complexity index is 322. The van der Waals surface area contributed by atoms with E-state index in [1.807, 2.05) is 0 Å². The molecule has 1 aromatic rings. The third-order valence-corrected chi connectivity index (χ3v) is 3.06. The molecule has 1 saturated carbocycles. The zero-order valence-electron chi connectivity index (χ0n) is 8.86. The molecule has 0 aromatic carbocycles. The molecule has 2 unspecified atom stereocenters. The van der Waals surface area contributed by atoms with Crippen LogP contribution in [0.1, 0.15) is 43.2 Å². The fourth-order valence-corrected chi connectivity index (χ4v) is 2.08. The molecule has 2 rings (SSSR count). The van der Waals surface area contributed by atoms with Gasteiger partial charge >= 0.3 is 0 Å². The van der Waals surface area contributed by atoms with E-state index in [-0.39, 0.29) is 11.9 Å². The summed E-state index contributed by atoms with van der Waals surface area (Å²) >= 11 is 0. The second-order valence-corrected chi connectivity index (χ2v) is 4.18. The number of nitrogens with zero attached hydrogens (tertiary/aromatic N) is 2. The van der Waals surface area contributed by atoms with Crippen molar-refractivity contribution in [3.8, 4) is 0 Å². The largest absolute Gasteiger partial charge is 0.346 e. The molecule has 5 heteroatoms. The first-order valence-electron chi connectivity index (χ1n) is 5.43. The third-order valence-electron chi connectivity index (χ3n) is 3.06. The summed E-state index contributed by atoms with van der Waals surface area (Å²) in [6.45, 7) is 2.19. The van der Waals surface area contributed by atoms with Crippen LogP contribution in [0.3, 0.4) is 0 Å². The molecule has 1 fully saturated rings. The highest BCUT2D eigenvalue weighted by Gasteiger charge is 2.23. The van der Waals surface area contributed by atoms with Gasteiger partial charge in [-0.1, -0.05) is 19.8 Å². The lowest BCUT2D eigenvalue weighted by molar-refractivity contribution is 0.0900. The molecule has 1 aliphatic carbocycles. The molecule has 82 valence electrons. The summed E-state index contributed by atoms with van der Waals surface area (Å²) in [5.41, 5.74) is 0. The highest BCUT2D eigenvalue weighted by atomic mass is 16.2. The van der Waals surface area contributed by atoms with Crippen molar-refractivity contribution >= 4 is 5.91 Å². The SMILES string of the molecule is CC1CCCCC1NC(=O)c1ncn[nH]1. The second kappa shape index (κ2) is 4.42. The number of aromatic amines is 1. The number of aromatic nitrogens is 3. The van der Waals surface area contributed by atoms with Crippen LogP contribution < -0.4 is 5.32 Å². The smallest absolute Gasteiger partial charge is 0.288 e. The quantitative estimate of drug-likeness (QED) is 0.765. The van der Waals surface area contributed by atoms with Crippen molar-refractivity contribution < 1.29 is 4.79 Å². The summed E-state index contributed by atoms with van der Waals surface area (Å²) in [6, 6.07) is 0.288. The van der Waals surface area contributed by atoms with E-state index in [1.54, 1.807) is 0 Å². The molecule has 1 heterocycles. The van der Waals surface area contributed by atoms with Crippen LogP contribution in [0, 0.1) is 5.92 Å². The number of carbonyl (C=O) groups is 1. The topological polar surface area (TPSA) is 70.7 Å². The van der Waals surface area contributed by atoms with Crippen LogP contribution in [0.2, 0.25) is 0 Å². The lowest BCUT2D eigenvalue weighted by atomic mass is 9.86. The van der Waals surface area contributed by atoms with Crippen LogP contribution in [-0.2, 0) is 0 Å². The van der Waals surface area contributed by atoms with E-state index in [0.29, 0.717) is 11.7 Å². The first-order chi connectivity index (χ1) is 7.27. The average Bonchev–Trinajstić information content (AvgIpc) is 2.74. The minimum atomic E-state index is -0.147. The highest BCUT2D eigenvalue weighted by Crippen LogP contribution is 2.23. The fourth-order valence-electron chi connectivity index (χ4n) is 2.08. The Balaban J connectivity index is 1.93. The molecule has 1 aromatic heterocycles. The van der Waals surface area contributed by atoms with Gasteiger partial charge in [0.05, 0.1) is 0 Å². The van der Waals surface area contributed by atoms with Crippen molar-refractivity contribution in [2.75, 3.05) is 0 Å². The maximum Gasteiger partial charge on any atom is 0.288 e. The molecular formula is C10H16N4O. The average molecular weight is 208 g/mol. The zero-order valence-corrected chi connectivity index (χ0v) is 8.86. The maximum absolute atomic E-state index is 11.7. The third kappa shape index (κ3) is 2.34. The van der Waals surface area contributed by atoms with Crippen molar-refractivity contribution in [1.82, 2.24) is 20.5 Å². The van der Waals surface area contributed by atoms with Crippen molar-refractivity contribution in [1.29, 1.82) is 0 Å². The van der Waals surface area contributed by atoms with E-state index in [0.717, 1.165) is 6.42 Å². The maximum atomic E-state index is 11.7. The second-order valence-electron chi connectivity index (χ2n) is 4.18. The summed E-state index contributed by atoms with van der Waals surface area (Å²) in [5, 5.41) is 9.22. The van der Waals surface area contributed by atoms with E-state index in [4.69, 9.17) is 0 Å². The molecule has 0 bridgehead atoms. The molecular weight excluding hydrogens is 192 g/mol.